The molecule has 0 radical (unpaired) electrons. The molecule has 114 valence electrons. The maximum atomic E-state index is 5.37. The monoisotopic (exact) mass is 270 g/mol. The van der Waals surface area contributed by atoms with Crippen LogP contribution in [-0.2, 0) is 4.74 Å². The van der Waals surface area contributed by atoms with Crippen LogP contribution in [0.4, 0.5) is 0 Å². The lowest BCUT2D eigenvalue weighted by Crippen LogP contribution is -2.46. The van der Waals surface area contributed by atoms with Crippen LogP contribution in [0.5, 0.6) is 0 Å². The van der Waals surface area contributed by atoms with Gasteiger partial charge in [-0.1, -0.05) is 19.8 Å². The van der Waals surface area contributed by atoms with Crippen molar-refractivity contribution >= 4 is 0 Å². The third kappa shape index (κ3) is 8.61. The van der Waals surface area contributed by atoms with Crippen molar-refractivity contribution in [2.75, 3.05) is 52.5 Å². The Hall–Kier alpha value is -0.120. The summed E-state index contributed by atoms with van der Waals surface area (Å²) in [6.45, 7) is 13.9. The largest absolute Gasteiger partial charge is 0.382 e. The highest BCUT2D eigenvalue weighted by Gasteiger charge is 2.15. The first-order chi connectivity index (χ1) is 9.36. The van der Waals surface area contributed by atoms with Gasteiger partial charge in [-0.25, -0.2) is 0 Å². The Labute approximate surface area is 120 Å². The highest BCUT2D eigenvalue weighted by molar-refractivity contribution is 4.71. The van der Waals surface area contributed by atoms with Crippen molar-refractivity contribution in [2.24, 2.45) is 0 Å². The summed E-state index contributed by atoms with van der Waals surface area (Å²) in [5.41, 5.74) is 0. The van der Waals surface area contributed by atoms with E-state index in [1.165, 1.54) is 77.8 Å². The summed E-state index contributed by atoms with van der Waals surface area (Å²) in [7, 11) is 0. The van der Waals surface area contributed by atoms with Crippen molar-refractivity contribution in [2.45, 2.75) is 52.4 Å². The van der Waals surface area contributed by atoms with Gasteiger partial charge < -0.3 is 14.5 Å². The van der Waals surface area contributed by atoms with Crippen molar-refractivity contribution < 1.29 is 4.74 Å². The van der Waals surface area contributed by atoms with Crippen molar-refractivity contribution in [3.8, 4) is 0 Å². The summed E-state index contributed by atoms with van der Waals surface area (Å²) in [5, 5.41) is 0. The summed E-state index contributed by atoms with van der Waals surface area (Å²) in [4.78, 5) is 5.28. The van der Waals surface area contributed by atoms with E-state index in [0.717, 1.165) is 13.2 Å². The molecule has 0 aromatic heterocycles. The molecule has 0 bridgehead atoms. The summed E-state index contributed by atoms with van der Waals surface area (Å²) < 4.78 is 5.37. The van der Waals surface area contributed by atoms with E-state index in [-0.39, 0.29) is 0 Å². The molecule has 3 heteroatoms. The average Bonchev–Trinajstić information content (AvgIpc) is 2.44. The Balaban J connectivity index is 1.92. The van der Waals surface area contributed by atoms with Crippen LogP contribution < -0.4 is 0 Å². The molecule has 1 aliphatic heterocycles. The Morgan fingerprint density at radius 3 is 1.84 bits per heavy atom. The van der Waals surface area contributed by atoms with Gasteiger partial charge >= 0.3 is 0 Å². The van der Waals surface area contributed by atoms with E-state index in [9.17, 15) is 0 Å². The van der Waals surface area contributed by atoms with Crippen LogP contribution in [0, 0.1) is 0 Å². The standard InChI is InChI=1S/C16H34N2O/c1-3-5-7-10-17-12-14-18(15-13-17)11-8-6-9-16-19-4-2/h3-16H2,1-2H3. The molecule has 19 heavy (non-hydrogen) atoms. The Kier molecular flexibility index (Phi) is 10.4. The molecule has 0 saturated carbocycles. The average molecular weight is 270 g/mol. The van der Waals surface area contributed by atoms with E-state index in [1.54, 1.807) is 0 Å². The van der Waals surface area contributed by atoms with Crippen molar-refractivity contribution in [1.82, 2.24) is 9.80 Å². The number of ether oxygens (including phenoxy) is 1. The fourth-order valence-electron chi connectivity index (χ4n) is 2.68. The van der Waals surface area contributed by atoms with Crippen molar-refractivity contribution in [3.05, 3.63) is 0 Å². The first-order valence-electron chi connectivity index (χ1n) is 8.39. The quantitative estimate of drug-likeness (QED) is 0.537. The molecular weight excluding hydrogens is 236 g/mol. The molecule has 0 N–H and O–H groups in total. The van der Waals surface area contributed by atoms with Crippen molar-refractivity contribution in [3.63, 3.8) is 0 Å². The fraction of sp³-hybridized carbons (Fsp3) is 1.00. The molecule has 0 aliphatic carbocycles. The molecule has 3 nitrogen and oxygen atoms in total. The number of nitrogens with zero attached hydrogens (tertiary/aromatic N) is 2. The number of unbranched alkanes of at least 4 members (excludes halogenated alkanes) is 4. The van der Waals surface area contributed by atoms with Crippen LogP contribution in [-0.4, -0.2) is 62.3 Å². The third-order valence-electron chi connectivity index (χ3n) is 4.01. The normalized spacial score (nSPS) is 18.0. The van der Waals surface area contributed by atoms with Crippen molar-refractivity contribution in [1.29, 1.82) is 0 Å². The van der Waals surface area contributed by atoms with E-state index >= 15 is 0 Å². The highest BCUT2D eigenvalue weighted by atomic mass is 16.5. The molecule has 1 saturated heterocycles. The molecule has 0 aromatic rings. The van der Waals surface area contributed by atoms with E-state index in [0.29, 0.717) is 0 Å². The summed E-state index contributed by atoms with van der Waals surface area (Å²) in [6.07, 6.45) is 7.99. The van der Waals surface area contributed by atoms with Gasteiger partial charge in [-0.2, -0.15) is 0 Å². The minimum atomic E-state index is 0.861. The number of hydrogen-bond acceptors (Lipinski definition) is 3. The smallest absolute Gasteiger partial charge is 0.0465 e. The first-order valence-corrected chi connectivity index (χ1v) is 8.39. The zero-order valence-electron chi connectivity index (χ0n) is 13.2. The Morgan fingerprint density at radius 1 is 0.737 bits per heavy atom. The van der Waals surface area contributed by atoms with Gasteiger partial charge in [0.2, 0.25) is 0 Å². The second-order valence-corrected chi connectivity index (χ2v) is 5.65. The van der Waals surface area contributed by atoms with E-state index < -0.39 is 0 Å². The maximum Gasteiger partial charge on any atom is 0.0465 e. The molecule has 1 fully saturated rings. The lowest BCUT2D eigenvalue weighted by atomic mass is 10.2. The molecule has 1 heterocycles. The van der Waals surface area contributed by atoms with Gasteiger partial charge in [-0.05, 0) is 45.7 Å². The van der Waals surface area contributed by atoms with Gasteiger partial charge in [0.25, 0.3) is 0 Å². The first kappa shape index (κ1) is 16.9. The van der Waals surface area contributed by atoms with Crippen LogP contribution >= 0.6 is 0 Å². The van der Waals surface area contributed by atoms with Crippen LogP contribution in [0.2, 0.25) is 0 Å². The summed E-state index contributed by atoms with van der Waals surface area (Å²) >= 11 is 0. The number of piperazine rings is 1. The molecule has 0 amide bonds. The SMILES string of the molecule is CCCCCN1CCN(CCCCCOCC)CC1. The topological polar surface area (TPSA) is 15.7 Å². The minimum absolute atomic E-state index is 0.861. The van der Waals surface area contributed by atoms with Crippen LogP contribution in [0.15, 0.2) is 0 Å². The third-order valence-corrected chi connectivity index (χ3v) is 4.01. The van der Waals surface area contributed by atoms with Crippen LogP contribution in [0.1, 0.15) is 52.4 Å². The van der Waals surface area contributed by atoms with Gasteiger partial charge in [-0.3, -0.25) is 0 Å². The zero-order valence-corrected chi connectivity index (χ0v) is 13.2. The van der Waals surface area contributed by atoms with E-state index in [1.807, 2.05) is 0 Å². The van der Waals surface area contributed by atoms with Gasteiger partial charge in [0, 0.05) is 39.4 Å². The maximum absolute atomic E-state index is 5.37. The molecule has 0 spiro atoms. The highest BCUT2D eigenvalue weighted by Crippen LogP contribution is 2.06. The minimum Gasteiger partial charge on any atom is -0.382 e. The van der Waals surface area contributed by atoms with Crippen LogP contribution in [0.3, 0.4) is 0 Å². The summed E-state index contributed by atoms with van der Waals surface area (Å²) in [6, 6.07) is 0. The number of rotatable bonds is 11. The Morgan fingerprint density at radius 2 is 1.32 bits per heavy atom. The van der Waals surface area contributed by atoms with Gasteiger partial charge in [0.1, 0.15) is 0 Å². The predicted molar refractivity (Wildman–Crippen MR) is 82.7 cm³/mol. The second-order valence-electron chi connectivity index (χ2n) is 5.65. The Bertz CT molecular complexity index is 188. The zero-order chi connectivity index (χ0) is 13.8. The fourth-order valence-corrected chi connectivity index (χ4v) is 2.68. The van der Waals surface area contributed by atoms with Gasteiger partial charge in [0.05, 0.1) is 0 Å². The van der Waals surface area contributed by atoms with Gasteiger partial charge in [0.15, 0.2) is 0 Å². The molecule has 0 unspecified atom stereocenters. The lowest BCUT2D eigenvalue weighted by Gasteiger charge is -2.34. The number of hydrogen-bond donors (Lipinski definition) is 0. The second kappa shape index (κ2) is 11.7. The molecular formula is C16H34N2O. The van der Waals surface area contributed by atoms with Gasteiger partial charge in [-0.15, -0.1) is 0 Å². The van der Waals surface area contributed by atoms with Crippen LogP contribution in [0.25, 0.3) is 0 Å². The molecule has 1 rings (SSSR count). The summed E-state index contributed by atoms with van der Waals surface area (Å²) in [5.74, 6) is 0. The molecule has 1 aliphatic rings. The lowest BCUT2D eigenvalue weighted by molar-refractivity contribution is 0.124. The van der Waals surface area contributed by atoms with E-state index in [4.69, 9.17) is 4.74 Å². The predicted octanol–water partition coefficient (Wildman–Crippen LogP) is 3.00. The molecule has 0 atom stereocenters. The van der Waals surface area contributed by atoms with E-state index in [2.05, 4.69) is 23.6 Å². The molecule has 0 aromatic carbocycles.